The molecule has 2 aromatic rings. The van der Waals surface area contributed by atoms with Crippen molar-refractivity contribution in [1.29, 1.82) is 0 Å². The topological polar surface area (TPSA) is 0 Å². The van der Waals surface area contributed by atoms with Crippen LogP contribution in [0.15, 0.2) is 58.3 Å². The van der Waals surface area contributed by atoms with E-state index in [0.29, 0.717) is 9.92 Å². The Morgan fingerprint density at radius 2 is 1.73 bits per heavy atom. The molecule has 0 aliphatic rings. The summed E-state index contributed by atoms with van der Waals surface area (Å²) in [5.74, 6) is -0.281. The molecule has 0 heterocycles. The van der Waals surface area contributed by atoms with Crippen LogP contribution in [0.3, 0.4) is 0 Å². The SMILES string of the molecule is Fc1cc(Cl)ccc1Sc1ccccc1. The predicted molar refractivity (Wildman–Crippen MR) is 62.0 cm³/mol. The molecule has 2 aromatic carbocycles. The summed E-state index contributed by atoms with van der Waals surface area (Å²) < 4.78 is 13.4. The Hall–Kier alpha value is -0.990. The molecule has 0 N–H and O–H groups in total. The van der Waals surface area contributed by atoms with E-state index in [4.69, 9.17) is 11.6 Å². The summed E-state index contributed by atoms with van der Waals surface area (Å²) in [6.45, 7) is 0. The number of rotatable bonds is 2. The van der Waals surface area contributed by atoms with E-state index in [1.165, 1.54) is 17.8 Å². The van der Waals surface area contributed by atoms with Gasteiger partial charge in [-0.1, -0.05) is 41.6 Å². The third-order valence-corrected chi connectivity index (χ3v) is 3.16. The highest BCUT2D eigenvalue weighted by atomic mass is 35.5. The fraction of sp³-hybridized carbons (Fsp3) is 0. The quantitative estimate of drug-likeness (QED) is 0.735. The van der Waals surface area contributed by atoms with Crippen LogP contribution in [0.1, 0.15) is 0 Å². The van der Waals surface area contributed by atoms with Crippen molar-refractivity contribution in [2.45, 2.75) is 9.79 Å². The molecule has 0 amide bonds. The minimum absolute atomic E-state index is 0.281. The molecule has 15 heavy (non-hydrogen) atoms. The smallest absolute Gasteiger partial charge is 0.138 e. The molecule has 76 valence electrons. The molecule has 3 heteroatoms. The lowest BCUT2D eigenvalue weighted by molar-refractivity contribution is 0.602. The Labute approximate surface area is 97.1 Å². The van der Waals surface area contributed by atoms with Gasteiger partial charge >= 0.3 is 0 Å². The standard InChI is InChI=1S/C12H8ClFS/c13-9-6-7-12(11(14)8-9)15-10-4-2-1-3-5-10/h1-8H. The number of hydrogen-bond acceptors (Lipinski definition) is 1. The molecule has 0 nitrogen and oxygen atoms in total. The van der Waals surface area contributed by atoms with E-state index in [1.807, 2.05) is 30.3 Å². The van der Waals surface area contributed by atoms with Crippen LogP contribution in [0, 0.1) is 5.82 Å². The van der Waals surface area contributed by atoms with Crippen LogP contribution in [0.25, 0.3) is 0 Å². The molecule has 0 radical (unpaired) electrons. The van der Waals surface area contributed by atoms with Gasteiger partial charge in [0.05, 0.1) is 0 Å². The van der Waals surface area contributed by atoms with Gasteiger partial charge in [-0.3, -0.25) is 0 Å². The third kappa shape index (κ3) is 2.74. The first-order valence-electron chi connectivity index (χ1n) is 4.43. The molecule has 0 aliphatic heterocycles. The van der Waals surface area contributed by atoms with Crippen molar-refractivity contribution >= 4 is 23.4 Å². The molecule has 0 spiro atoms. The van der Waals surface area contributed by atoms with Crippen LogP contribution in [0.5, 0.6) is 0 Å². The van der Waals surface area contributed by atoms with Gasteiger partial charge in [0.15, 0.2) is 0 Å². The molecule has 0 aromatic heterocycles. The Balaban J connectivity index is 2.25. The Kier molecular flexibility index (Phi) is 3.29. The maximum atomic E-state index is 13.4. The van der Waals surface area contributed by atoms with Crippen molar-refractivity contribution in [3.63, 3.8) is 0 Å². The predicted octanol–water partition coefficient (Wildman–Crippen LogP) is 4.63. The van der Waals surface area contributed by atoms with Crippen LogP contribution in [0.4, 0.5) is 4.39 Å². The van der Waals surface area contributed by atoms with Crippen molar-refractivity contribution < 1.29 is 4.39 Å². The van der Waals surface area contributed by atoms with Crippen LogP contribution in [-0.4, -0.2) is 0 Å². The van der Waals surface area contributed by atoms with E-state index in [2.05, 4.69) is 0 Å². The van der Waals surface area contributed by atoms with E-state index in [1.54, 1.807) is 12.1 Å². The average molecular weight is 239 g/mol. The zero-order valence-electron chi connectivity index (χ0n) is 7.78. The fourth-order valence-electron chi connectivity index (χ4n) is 1.17. The monoisotopic (exact) mass is 238 g/mol. The third-order valence-electron chi connectivity index (χ3n) is 1.86. The second-order valence-electron chi connectivity index (χ2n) is 2.99. The minimum Gasteiger partial charge on any atom is -0.206 e. The number of halogens is 2. The highest BCUT2D eigenvalue weighted by Crippen LogP contribution is 2.30. The van der Waals surface area contributed by atoms with Crippen molar-refractivity contribution in [1.82, 2.24) is 0 Å². The van der Waals surface area contributed by atoms with Crippen LogP contribution >= 0.6 is 23.4 Å². The van der Waals surface area contributed by atoms with Crippen molar-refractivity contribution in [3.05, 3.63) is 59.4 Å². The Bertz CT molecular complexity index is 456. The number of benzene rings is 2. The maximum Gasteiger partial charge on any atom is 0.138 e. The van der Waals surface area contributed by atoms with Crippen LogP contribution in [-0.2, 0) is 0 Å². The van der Waals surface area contributed by atoms with Gasteiger partial charge in [-0.2, -0.15) is 0 Å². The van der Waals surface area contributed by atoms with E-state index in [9.17, 15) is 4.39 Å². The Morgan fingerprint density at radius 1 is 1.00 bits per heavy atom. The summed E-state index contributed by atoms with van der Waals surface area (Å²) in [6.07, 6.45) is 0. The average Bonchev–Trinajstić information content (AvgIpc) is 2.24. The maximum absolute atomic E-state index is 13.4. The molecule has 0 bridgehead atoms. The molecule has 0 saturated carbocycles. The first kappa shape index (κ1) is 10.5. The van der Waals surface area contributed by atoms with Crippen molar-refractivity contribution in [3.8, 4) is 0 Å². The van der Waals surface area contributed by atoms with E-state index in [-0.39, 0.29) is 5.82 Å². The summed E-state index contributed by atoms with van der Waals surface area (Å²) in [4.78, 5) is 1.60. The van der Waals surface area contributed by atoms with Gasteiger partial charge in [-0.15, -0.1) is 0 Å². The molecule has 0 aliphatic carbocycles. The van der Waals surface area contributed by atoms with Crippen molar-refractivity contribution in [2.75, 3.05) is 0 Å². The number of hydrogen-bond donors (Lipinski definition) is 0. The molecule has 0 atom stereocenters. The lowest BCUT2D eigenvalue weighted by atomic mass is 10.3. The largest absolute Gasteiger partial charge is 0.206 e. The summed E-state index contributed by atoms with van der Waals surface area (Å²) in [6, 6.07) is 14.4. The normalized spacial score (nSPS) is 10.3. The highest BCUT2D eigenvalue weighted by Gasteiger charge is 2.04. The van der Waals surface area contributed by atoms with E-state index < -0.39 is 0 Å². The molecule has 0 fully saturated rings. The molecular formula is C12H8ClFS. The summed E-state index contributed by atoms with van der Waals surface area (Å²) in [5.41, 5.74) is 0. The van der Waals surface area contributed by atoms with Gasteiger partial charge < -0.3 is 0 Å². The van der Waals surface area contributed by atoms with Gasteiger partial charge in [0.2, 0.25) is 0 Å². The van der Waals surface area contributed by atoms with Gasteiger partial charge in [0, 0.05) is 14.8 Å². The zero-order valence-corrected chi connectivity index (χ0v) is 9.36. The fourth-order valence-corrected chi connectivity index (χ4v) is 2.17. The molecule has 0 saturated heterocycles. The molecule has 0 unspecified atom stereocenters. The van der Waals surface area contributed by atoms with Gasteiger partial charge in [0.1, 0.15) is 5.82 Å². The minimum atomic E-state index is -0.281. The van der Waals surface area contributed by atoms with Gasteiger partial charge in [-0.25, -0.2) is 4.39 Å². The lowest BCUT2D eigenvalue weighted by Gasteiger charge is -2.02. The highest BCUT2D eigenvalue weighted by molar-refractivity contribution is 7.99. The van der Waals surface area contributed by atoms with Crippen LogP contribution < -0.4 is 0 Å². The molecule has 2 rings (SSSR count). The molecular weight excluding hydrogens is 231 g/mol. The lowest BCUT2D eigenvalue weighted by Crippen LogP contribution is -1.80. The second kappa shape index (κ2) is 4.69. The summed E-state index contributed by atoms with van der Waals surface area (Å²) >= 11 is 7.06. The van der Waals surface area contributed by atoms with Gasteiger partial charge in [0.25, 0.3) is 0 Å². The van der Waals surface area contributed by atoms with Crippen molar-refractivity contribution in [2.24, 2.45) is 0 Å². The Morgan fingerprint density at radius 3 is 2.40 bits per heavy atom. The zero-order chi connectivity index (χ0) is 10.7. The summed E-state index contributed by atoms with van der Waals surface area (Å²) in [5, 5.41) is 0.421. The van der Waals surface area contributed by atoms with E-state index >= 15 is 0 Å². The second-order valence-corrected chi connectivity index (χ2v) is 4.54. The van der Waals surface area contributed by atoms with E-state index in [0.717, 1.165) is 4.90 Å². The van der Waals surface area contributed by atoms with Crippen LogP contribution in [0.2, 0.25) is 5.02 Å². The first-order valence-corrected chi connectivity index (χ1v) is 5.63. The van der Waals surface area contributed by atoms with Gasteiger partial charge in [-0.05, 0) is 30.3 Å². The first-order chi connectivity index (χ1) is 7.25. The summed E-state index contributed by atoms with van der Waals surface area (Å²) in [7, 11) is 0.